The molecular formula is C16H14F3N5. The van der Waals surface area contributed by atoms with Crippen LogP contribution in [0.3, 0.4) is 0 Å². The molecule has 5 nitrogen and oxygen atoms in total. The lowest BCUT2D eigenvalue weighted by Gasteiger charge is -2.20. The average molecular weight is 333 g/mol. The summed E-state index contributed by atoms with van der Waals surface area (Å²) in [5.41, 5.74) is 0.451. The second-order valence-corrected chi connectivity index (χ2v) is 5.49. The standard InChI is InChI=1S/C16H14F3N5/c17-16(18,19)14-7-15(22-10-21-14)23-12-5-6-24(9-12)13-4-2-1-3-11(13)8-20/h1-4,7,10,12H,5-6,9H2,(H,21,22,23). The van der Waals surface area contributed by atoms with Crippen LogP contribution in [0.25, 0.3) is 0 Å². The molecule has 24 heavy (non-hydrogen) atoms. The summed E-state index contributed by atoms with van der Waals surface area (Å²) < 4.78 is 38.1. The van der Waals surface area contributed by atoms with Crippen LogP contribution in [0.2, 0.25) is 0 Å². The third-order valence-corrected chi connectivity index (χ3v) is 3.86. The Morgan fingerprint density at radius 3 is 2.79 bits per heavy atom. The SMILES string of the molecule is N#Cc1ccccc1N1CCC(Nc2cc(C(F)(F)F)ncn2)C1. The fraction of sp³-hybridized carbons (Fsp3) is 0.312. The van der Waals surface area contributed by atoms with Crippen LogP contribution in [0.5, 0.6) is 0 Å². The van der Waals surface area contributed by atoms with Gasteiger partial charge in [0.15, 0.2) is 0 Å². The van der Waals surface area contributed by atoms with E-state index in [2.05, 4.69) is 21.4 Å². The first kappa shape index (κ1) is 16.1. The number of para-hydroxylation sites is 1. The molecule has 0 saturated carbocycles. The van der Waals surface area contributed by atoms with Gasteiger partial charge in [0.25, 0.3) is 0 Å². The van der Waals surface area contributed by atoms with E-state index in [0.717, 1.165) is 24.5 Å². The van der Waals surface area contributed by atoms with Crippen molar-refractivity contribution in [2.24, 2.45) is 0 Å². The van der Waals surface area contributed by atoms with Crippen molar-refractivity contribution in [2.45, 2.75) is 18.6 Å². The monoisotopic (exact) mass is 333 g/mol. The van der Waals surface area contributed by atoms with Gasteiger partial charge in [-0.25, -0.2) is 9.97 Å². The summed E-state index contributed by atoms with van der Waals surface area (Å²) in [5.74, 6) is 0.151. The Morgan fingerprint density at radius 2 is 2.04 bits per heavy atom. The van der Waals surface area contributed by atoms with Crippen molar-refractivity contribution in [3.8, 4) is 6.07 Å². The molecule has 1 aliphatic rings. The van der Waals surface area contributed by atoms with Crippen LogP contribution in [-0.2, 0) is 6.18 Å². The minimum absolute atomic E-state index is 0.0484. The smallest absolute Gasteiger partial charge is 0.368 e. The number of benzene rings is 1. The fourth-order valence-electron chi connectivity index (χ4n) is 2.74. The molecule has 1 aliphatic heterocycles. The Kier molecular flexibility index (Phi) is 4.25. The summed E-state index contributed by atoms with van der Waals surface area (Å²) in [6, 6.07) is 10.3. The molecule has 1 fully saturated rings. The molecular weight excluding hydrogens is 319 g/mol. The summed E-state index contributed by atoms with van der Waals surface area (Å²) in [5, 5.41) is 12.2. The van der Waals surface area contributed by atoms with Gasteiger partial charge in [0, 0.05) is 25.2 Å². The highest BCUT2D eigenvalue weighted by molar-refractivity contribution is 5.60. The van der Waals surface area contributed by atoms with Crippen LogP contribution in [-0.4, -0.2) is 29.1 Å². The number of rotatable bonds is 3. The number of nitrogens with one attached hydrogen (secondary N) is 1. The quantitative estimate of drug-likeness (QED) is 0.935. The van der Waals surface area contributed by atoms with Crippen molar-refractivity contribution in [1.82, 2.24) is 9.97 Å². The van der Waals surface area contributed by atoms with E-state index in [1.54, 1.807) is 12.1 Å². The van der Waals surface area contributed by atoms with Crippen LogP contribution < -0.4 is 10.2 Å². The molecule has 1 atom stereocenters. The number of nitriles is 1. The first-order chi connectivity index (χ1) is 11.5. The Balaban J connectivity index is 1.70. The number of aromatic nitrogens is 2. The summed E-state index contributed by atoms with van der Waals surface area (Å²) in [6.07, 6.45) is -2.85. The molecule has 0 bridgehead atoms. The predicted octanol–water partition coefficient (Wildman–Crippen LogP) is 3.06. The minimum Gasteiger partial charge on any atom is -0.368 e. The van der Waals surface area contributed by atoms with Gasteiger partial charge < -0.3 is 10.2 Å². The molecule has 0 aliphatic carbocycles. The third kappa shape index (κ3) is 3.40. The second kappa shape index (κ2) is 6.35. The lowest BCUT2D eigenvalue weighted by molar-refractivity contribution is -0.141. The zero-order valence-corrected chi connectivity index (χ0v) is 12.6. The van der Waals surface area contributed by atoms with Crippen molar-refractivity contribution in [3.63, 3.8) is 0 Å². The number of hydrogen-bond donors (Lipinski definition) is 1. The van der Waals surface area contributed by atoms with Crippen molar-refractivity contribution in [1.29, 1.82) is 5.26 Å². The third-order valence-electron chi connectivity index (χ3n) is 3.86. The number of halogens is 3. The first-order valence-corrected chi connectivity index (χ1v) is 7.37. The Morgan fingerprint density at radius 1 is 1.25 bits per heavy atom. The molecule has 1 aromatic heterocycles. The zero-order chi connectivity index (χ0) is 17.2. The molecule has 1 unspecified atom stereocenters. The van der Waals surface area contributed by atoms with Crippen molar-refractivity contribution in [2.75, 3.05) is 23.3 Å². The maximum Gasteiger partial charge on any atom is 0.433 e. The highest BCUT2D eigenvalue weighted by Gasteiger charge is 2.33. The maximum atomic E-state index is 12.7. The Labute approximate surface area is 136 Å². The predicted molar refractivity (Wildman–Crippen MR) is 82.4 cm³/mol. The average Bonchev–Trinajstić information content (AvgIpc) is 3.02. The molecule has 2 aromatic rings. The van der Waals surface area contributed by atoms with Crippen LogP contribution in [0.4, 0.5) is 24.7 Å². The number of nitrogens with zero attached hydrogens (tertiary/aromatic N) is 4. The van der Waals surface area contributed by atoms with Crippen molar-refractivity contribution < 1.29 is 13.2 Å². The molecule has 0 radical (unpaired) electrons. The van der Waals surface area contributed by atoms with Crippen molar-refractivity contribution in [3.05, 3.63) is 47.9 Å². The summed E-state index contributed by atoms with van der Waals surface area (Å²) in [4.78, 5) is 9.15. The van der Waals surface area contributed by atoms with Crippen LogP contribution in [0.15, 0.2) is 36.7 Å². The fourth-order valence-corrected chi connectivity index (χ4v) is 2.74. The van der Waals surface area contributed by atoms with Gasteiger partial charge in [-0.1, -0.05) is 12.1 Å². The van der Waals surface area contributed by atoms with Gasteiger partial charge in [-0.15, -0.1) is 0 Å². The summed E-state index contributed by atoms with van der Waals surface area (Å²) in [7, 11) is 0. The number of alkyl halides is 3. The molecule has 8 heteroatoms. The molecule has 2 heterocycles. The topological polar surface area (TPSA) is 64.8 Å². The lowest BCUT2D eigenvalue weighted by atomic mass is 10.2. The Bertz CT molecular complexity index is 769. The molecule has 1 N–H and O–H groups in total. The van der Waals surface area contributed by atoms with E-state index in [1.807, 2.05) is 17.0 Å². The van der Waals surface area contributed by atoms with E-state index in [9.17, 15) is 18.4 Å². The molecule has 124 valence electrons. The molecule has 0 amide bonds. The zero-order valence-electron chi connectivity index (χ0n) is 12.6. The van der Waals surface area contributed by atoms with Crippen molar-refractivity contribution >= 4 is 11.5 Å². The summed E-state index contributed by atoms with van der Waals surface area (Å²) in [6.45, 7) is 1.30. The first-order valence-electron chi connectivity index (χ1n) is 7.37. The minimum atomic E-state index is -4.49. The van der Waals surface area contributed by atoms with Gasteiger partial charge in [-0.3, -0.25) is 0 Å². The van der Waals surface area contributed by atoms with Crippen LogP contribution in [0, 0.1) is 11.3 Å². The van der Waals surface area contributed by atoms with Gasteiger partial charge in [0.1, 0.15) is 23.9 Å². The highest BCUT2D eigenvalue weighted by atomic mass is 19.4. The van der Waals surface area contributed by atoms with Gasteiger partial charge in [-0.2, -0.15) is 18.4 Å². The van der Waals surface area contributed by atoms with E-state index >= 15 is 0 Å². The maximum absolute atomic E-state index is 12.7. The molecule has 3 rings (SSSR count). The number of anilines is 2. The molecule has 1 saturated heterocycles. The Hall–Kier alpha value is -2.82. The highest BCUT2D eigenvalue weighted by Crippen LogP contribution is 2.29. The normalized spacial score (nSPS) is 17.6. The molecule has 1 aromatic carbocycles. The van der Waals surface area contributed by atoms with Crippen LogP contribution in [0.1, 0.15) is 17.7 Å². The van der Waals surface area contributed by atoms with Gasteiger partial charge in [-0.05, 0) is 18.6 Å². The van der Waals surface area contributed by atoms with Crippen LogP contribution >= 0.6 is 0 Å². The second-order valence-electron chi connectivity index (χ2n) is 5.49. The number of hydrogen-bond acceptors (Lipinski definition) is 5. The van der Waals surface area contributed by atoms with Gasteiger partial charge in [0.2, 0.25) is 0 Å². The van der Waals surface area contributed by atoms with E-state index in [0.29, 0.717) is 18.7 Å². The lowest BCUT2D eigenvalue weighted by Crippen LogP contribution is -2.27. The van der Waals surface area contributed by atoms with Gasteiger partial charge >= 0.3 is 6.18 Å². The summed E-state index contributed by atoms with van der Waals surface area (Å²) >= 11 is 0. The van der Waals surface area contributed by atoms with E-state index in [4.69, 9.17) is 0 Å². The van der Waals surface area contributed by atoms with E-state index in [1.165, 1.54) is 0 Å². The largest absolute Gasteiger partial charge is 0.433 e. The van der Waals surface area contributed by atoms with E-state index < -0.39 is 11.9 Å². The van der Waals surface area contributed by atoms with Gasteiger partial charge in [0.05, 0.1) is 11.3 Å². The molecule has 0 spiro atoms. The van der Waals surface area contributed by atoms with E-state index in [-0.39, 0.29) is 11.9 Å².